The van der Waals surface area contributed by atoms with Gasteiger partial charge in [0.05, 0.1) is 0 Å². The van der Waals surface area contributed by atoms with E-state index in [0.29, 0.717) is 0 Å². The minimum atomic E-state index is 0. The van der Waals surface area contributed by atoms with Gasteiger partial charge in [-0.1, -0.05) is 98.0 Å². The average molecular weight is 479 g/mol. The van der Waals surface area contributed by atoms with Crippen LogP contribution in [0.2, 0.25) is 0 Å². The molecule has 0 bridgehead atoms. The molecule has 4 aromatic rings. The van der Waals surface area contributed by atoms with Crippen molar-refractivity contribution in [2.45, 2.75) is 44.9 Å². The largest absolute Gasteiger partial charge is 2.00 e. The summed E-state index contributed by atoms with van der Waals surface area (Å²) in [5, 5.41) is 2.66. The fourth-order valence-electron chi connectivity index (χ4n) is 4.65. The Morgan fingerprint density at radius 2 is 1.41 bits per heavy atom. The maximum atomic E-state index is 3.46. The van der Waals surface area contributed by atoms with E-state index in [0.717, 1.165) is 18.8 Å². The molecule has 0 radical (unpaired) electrons. The van der Waals surface area contributed by atoms with Gasteiger partial charge in [0.15, 0.2) is 0 Å². The van der Waals surface area contributed by atoms with E-state index in [4.69, 9.17) is 0 Å². The number of fused-ring (bicyclic) bond motifs is 1. The van der Waals surface area contributed by atoms with Crippen LogP contribution in [0.3, 0.4) is 0 Å². The molecule has 0 aromatic heterocycles. The van der Waals surface area contributed by atoms with E-state index >= 15 is 0 Å². The summed E-state index contributed by atoms with van der Waals surface area (Å²) in [4.78, 5) is 0. The van der Waals surface area contributed by atoms with Gasteiger partial charge < -0.3 is 0 Å². The molecule has 0 saturated heterocycles. The van der Waals surface area contributed by atoms with E-state index in [-0.39, 0.29) is 21.7 Å². The SMILES string of the molecule is [C-](=CC=C(Cc1ccccc1)C1CCCCC1)Cc1ccccc1.[Ti+2].c1ccc2[cH-]ccc2c1. The fourth-order valence-corrected chi connectivity index (χ4v) is 4.65. The normalized spacial score (nSPS) is 14.4. The first-order chi connectivity index (χ1) is 16.4. The van der Waals surface area contributed by atoms with Crippen LogP contribution in [0.15, 0.2) is 121 Å². The predicted octanol–water partition coefficient (Wildman–Crippen LogP) is 8.89. The molecule has 1 heteroatoms. The van der Waals surface area contributed by atoms with E-state index < -0.39 is 0 Å². The third-order valence-corrected chi connectivity index (χ3v) is 6.49. The maximum absolute atomic E-state index is 3.46. The molecule has 0 aliphatic heterocycles. The zero-order valence-corrected chi connectivity index (χ0v) is 21.6. The Labute approximate surface area is 220 Å². The van der Waals surface area contributed by atoms with Crippen LogP contribution in [0.25, 0.3) is 10.8 Å². The Bertz CT molecular complexity index is 1100. The van der Waals surface area contributed by atoms with Crippen molar-refractivity contribution in [2.24, 2.45) is 5.92 Å². The fraction of sp³-hybridized carbons (Fsp3) is 0.242. The number of allylic oxidation sites excluding steroid dienone is 4. The van der Waals surface area contributed by atoms with E-state index in [2.05, 4.69) is 121 Å². The van der Waals surface area contributed by atoms with E-state index in [9.17, 15) is 0 Å². The molecular weight excluding hydrogens is 444 g/mol. The van der Waals surface area contributed by atoms with Gasteiger partial charge in [-0.25, -0.2) is 12.2 Å². The van der Waals surface area contributed by atoms with Crippen molar-refractivity contribution >= 4 is 10.8 Å². The minimum Gasteiger partial charge on any atom is -0.271 e. The van der Waals surface area contributed by atoms with Crippen LogP contribution >= 0.6 is 0 Å². The Balaban J connectivity index is 0.000000270. The molecule has 0 N–H and O–H groups in total. The van der Waals surface area contributed by atoms with Gasteiger partial charge in [-0.05, 0) is 30.7 Å². The Kier molecular flexibility index (Phi) is 11.2. The molecule has 1 saturated carbocycles. The second-order valence-corrected chi connectivity index (χ2v) is 8.93. The predicted molar refractivity (Wildman–Crippen MR) is 142 cm³/mol. The summed E-state index contributed by atoms with van der Waals surface area (Å²) in [5.41, 5.74) is 4.33. The first-order valence-electron chi connectivity index (χ1n) is 12.3. The minimum absolute atomic E-state index is 0. The van der Waals surface area contributed by atoms with E-state index in [1.807, 2.05) is 0 Å². The number of hydrogen-bond donors (Lipinski definition) is 0. The summed E-state index contributed by atoms with van der Waals surface area (Å²) in [6.45, 7) is 0. The van der Waals surface area contributed by atoms with Gasteiger partial charge in [-0.3, -0.25) is 6.08 Å². The molecule has 0 unspecified atom stereocenters. The van der Waals surface area contributed by atoms with E-state index in [1.165, 1.54) is 54.0 Å². The van der Waals surface area contributed by atoms with Crippen molar-refractivity contribution in [3.8, 4) is 0 Å². The molecule has 4 aromatic carbocycles. The molecule has 0 nitrogen and oxygen atoms in total. The number of benzene rings is 3. The first-order valence-corrected chi connectivity index (χ1v) is 12.3. The van der Waals surface area contributed by atoms with Crippen LogP contribution in [0.4, 0.5) is 0 Å². The first kappa shape index (κ1) is 26.1. The molecule has 5 rings (SSSR count). The average Bonchev–Trinajstić information content (AvgIpc) is 3.37. The molecule has 0 atom stereocenters. The van der Waals surface area contributed by atoms with Gasteiger partial charge in [0.1, 0.15) is 0 Å². The zero-order valence-electron chi connectivity index (χ0n) is 20.0. The Morgan fingerprint density at radius 1 is 0.765 bits per heavy atom. The van der Waals surface area contributed by atoms with Crippen LogP contribution in [0.5, 0.6) is 0 Å². The van der Waals surface area contributed by atoms with Crippen LogP contribution in [-0.4, -0.2) is 0 Å². The van der Waals surface area contributed by atoms with Gasteiger partial charge in [-0.15, -0.1) is 35.2 Å². The Morgan fingerprint density at radius 3 is 2.12 bits per heavy atom. The zero-order chi connectivity index (χ0) is 22.6. The molecule has 1 aliphatic rings. The summed E-state index contributed by atoms with van der Waals surface area (Å²) in [6, 6.07) is 36.1. The van der Waals surface area contributed by atoms with Crippen molar-refractivity contribution in [1.82, 2.24) is 0 Å². The van der Waals surface area contributed by atoms with Gasteiger partial charge in [-0.2, -0.15) is 17.5 Å². The van der Waals surface area contributed by atoms with E-state index in [1.54, 1.807) is 5.57 Å². The summed E-state index contributed by atoms with van der Waals surface area (Å²) in [7, 11) is 0. The molecule has 1 aliphatic carbocycles. The molecule has 170 valence electrons. The third-order valence-electron chi connectivity index (χ3n) is 6.49. The quantitative estimate of drug-likeness (QED) is 0.147. The van der Waals surface area contributed by atoms with Crippen LogP contribution < -0.4 is 0 Å². The Hall–Kier alpha value is -2.54. The summed E-state index contributed by atoms with van der Waals surface area (Å²) >= 11 is 0. The van der Waals surface area contributed by atoms with Gasteiger partial charge in [0.2, 0.25) is 0 Å². The molecule has 0 amide bonds. The van der Waals surface area contributed by atoms with Crippen molar-refractivity contribution < 1.29 is 21.7 Å². The second kappa shape index (κ2) is 14.7. The monoisotopic (exact) mass is 478 g/mol. The maximum Gasteiger partial charge on any atom is 2.00 e. The second-order valence-electron chi connectivity index (χ2n) is 8.93. The molecule has 34 heavy (non-hydrogen) atoms. The van der Waals surface area contributed by atoms with Crippen LogP contribution in [0, 0.1) is 12.0 Å². The van der Waals surface area contributed by atoms with Crippen LogP contribution in [-0.2, 0) is 34.6 Å². The topological polar surface area (TPSA) is 0 Å². The van der Waals surface area contributed by atoms with Crippen LogP contribution in [0.1, 0.15) is 43.2 Å². The molecule has 1 fully saturated rings. The van der Waals surface area contributed by atoms with Gasteiger partial charge >= 0.3 is 21.7 Å². The summed E-state index contributed by atoms with van der Waals surface area (Å²) in [6.07, 6.45) is 16.8. The van der Waals surface area contributed by atoms with Gasteiger partial charge in [0, 0.05) is 0 Å². The van der Waals surface area contributed by atoms with Crippen molar-refractivity contribution in [3.05, 3.63) is 138 Å². The third kappa shape index (κ3) is 8.35. The molecular formula is C33H34Ti. The van der Waals surface area contributed by atoms with Gasteiger partial charge in [0.25, 0.3) is 0 Å². The molecule has 0 heterocycles. The van der Waals surface area contributed by atoms with Crippen molar-refractivity contribution in [2.75, 3.05) is 0 Å². The number of hydrogen-bond acceptors (Lipinski definition) is 0. The molecule has 0 spiro atoms. The summed E-state index contributed by atoms with van der Waals surface area (Å²) < 4.78 is 0. The summed E-state index contributed by atoms with van der Waals surface area (Å²) in [5.74, 6) is 0.758. The van der Waals surface area contributed by atoms with Crippen molar-refractivity contribution in [3.63, 3.8) is 0 Å². The van der Waals surface area contributed by atoms with Crippen molar-refractivity contribution in [1.29, 1.82) is 0 Å². The standard InChI is InChI=1S/C24H27.C9H7.Ti/c1-4-12-21(13-5-1)14-10-11-19-24(23-17-8-3-9-18-23)20-22-15-6-2-7-16-22;1-2-5-9-7-3-6-8(9)4-1;/h1-2,4-7,11-13,15-16,19,23H,3,8-9,14,17-18,20H2;1-7H;/q2*-1;+2. The smallest absolute Gasteiger partial charge is 0.271 e. The number of rotatable bonds is 6.